The van der Waals surface area contributed by atoms with Gasteiger partial charge in [-0.1, -0.05) is 19.9 Å². The molecule has 18 heavy (non-hydrogen) atoms. The standard InChI is InChI=1S/C14H20N4/c1-9(2)14-13-11(16-17-14)4-3-5-12(13)18-7-6-10(15)8-18/h3-5,9-10H,6-8,15H2,1-2H3,(H,16,17). The Morgan fingerprint density at radius 2 is 2.28 bits per heavy atom. The molecule has 0 radical (unpaired) electrons. The topological polar surface area (TPSA) is 57.9 Å². The first-order valence-electron chi connectivity index (χ1n) is 6.64. The fourth-order valence-corrected chi connectivity index (χ4v) is 2.76. The second-order valence-electron chi connectivity index (χ2n) is 5.46. The van der Waals surface area contributed by atoms with E-state index in [0.29, 0.717) is 12.0 Å². The average molecular weight is 244 g/mol. The molecular formula is C14H20N4. The predicted molar refractivity (Wildman–Crippen MR) is 75.0 cm³/mol. The summed E-state index contributed by atoms with van der Waals surface area (Å²) in [5, 5.41) is 8.85. The number of anilines is 1. The monoisotopic (exact) mass is 244 g/mol. The van der Waals surface area contributed by atoms with Crippen molar-refractivity contribution in [2.24, 2.45) is 5.73 Å². The lowest BCUT2D eigenvalue weighted by Crippen LogP contribution is -2.26. The van der Waals surface area contributed by atoms with Crippen LogP contribution in [0.3, 0.4) is 0 Å². The first kappa shape index (κ1) is 11.5. The maximum atomic E-state index is 6.01. The van der Waals surface area contributed by atoms with Gasteiger partial charge in [0.2, 0.25) is 0 Å². The number of nitrogens with two attached hydrogens (primary N) is 1. The minimum atomic E-state index is 0.301. The molecule has 0 bridgehead atoms. The molecule has 3 rings (SSSR count). The fourth-order valence-electron chi connectivity index (χ4n) is 2.76. The number of aromatic nitrogens is 2. The van der Waals surface area contributed by atoms with Crippen molar-refractivity contribution in [3.63, 3.8) is 0 Å². The van der Waals surface area contributed by atoms with Gasteiger partial charge in [0.25, 0.3) is 0 Å². The molecule has 96 valence electrons. The molecule has 0 spiro atoms. The van der Waals surface area contributed by atoms with Gasteiger partial charge < -0.3 is 10.6 Å². The molecule has 0 amide bonds. The molecule has 1 unspecified atom stereocenters. The van der Waals surface area contributed by atoms with E-state index in [2.05, 4.69) is 47.1 Å². The minimum Gasteiger partial charge on any atom is -0.369 e. The van der Waals surface area contributed by atoms with Gasteiger partial charge in [0.15, 0.2) is 0 Å². The van der Waals surface area contributed by atoms with Crippen molar-refractivity contribution in [2.75, 3.05) is 18.0 Å². The van der Waals surface area contributed by atoms with Crippen LogP contribution in [0.2, 0.25) is 0 Å². The summed E-state index contributed by atoms with van der Waals surface area (Å²) >= 11 is 0. The molecule has 2 aromatic rings. The molecule has 1 aromatic carbocycles. The van der Waals surface area contributed by atoms with Gasteiger partial charge in [-0.15, -0.1) is 0 Å². The number of hydrogen-bond donors (Lipinski definition) is 2. The number of fused-ring (bicyclic) bond motifs is 1. The Labute approximate surface area is 107 Å². The van der Waals surface area contributed by atoms with Crippen LogP contribution in [0.4, 0.5) is 5.69 Å². The summed E-state index contributed by atoms with van der Waals surface area (Å²) in [6.45, 7) is 6.38. The van der Waals surface area contributed by atoms with Gasteiger partial charge in [-0.3, -0.25) is 5.10 Å². The van der Waals surface area contributed by atoms with E-state index in [4.69, 9.17) is 5.73 Å². The zero-order chi connectivity index (χ0) is 12.7. The summed E-state index contributed by atoms with van der Waals surface area (Å²) in [7, 11) is 0. The number of benzene rings is 1. The van der Waals surface area contributed by atoms with E-state index >= 15 is 0 Å². The molecule has 4 nitrogen and oxygen atoms in total. The maximum absolute atomic E-state index is 6.01. The summed E-state index contributed by atoms with van der Waals surface area (Å²) in [5.74, 6) is 0.451. The number of aromatic amines is 1. The predicted octanol–water partition coefficient (Wildman–Crippen LogP) is 2.22. The third kappa shape index (κ3) is 1.77. The van der Waals surface area contributed by atoms with Crippen LogP contribution in [0, 0.1) is 0 Å². The van der Waals surface area contributed by atoms with E-state index in [-0.39, 0.29) is 0 Å². The molecule has 1 saturated heterocycles. The van der Waals surface area contributed by atoms with E-state index in [9.17, 15) is 0 Å². The summed E-state index contributed by atoms with van der Waals surface area (Å²) in [6.07, 6.45) is 1.07. The third-order valence-electron chi connectivity index (χ3n) is 3.73. The van der Waals surface area contributed by atoms with Gasteiger partial charge in [0, 0.05) is 35.9 Å². The zero-order valence-electron chi connectivity index (χ0n) is 11.0. The number of H-pyrrole nitrogens is 1. The normalized spacial score (nSPS) is 20.2. The van der Waals surface area contributed by atoms with Gasteiger partial charge in [0.1, 0.15) is 0 Å². The Bertz CT molecular complexity index is 558. The summed E-state index contributed by atoms with van der Waals surface area (Å²) in [6, 6.07) is 6.63. The maximum Gasteiger partial charge on any atom is 0.0944 e. The fraction of sp³-hybridized carbons (Fsp3) is 0.500. The largest absolute Gasteiger partial charge is 0.369 e. The van der Waals surface area contributed by atoms with Gasteiger partial charge in [-0.05, 0) is 24.5 Å². The second-order valence-corrected chi connectivity index (χ2v) is 5.46. The Balaban J connectivity index is 2.13. The Hall–Kier alpha value is -1.55. The highest BCUT2D eigenvalue weighted by Gasteiger charge is 2.23. The number of nitrogens with one attached hydrogen (secondary N) is 1. The van der Waals surface area contributed by atoms with Crippen LogP contribution >= 0.6 is 0 Å². The number of nitrogens with zero attached hydrogens (tertiary/aromatic N) is 2. The van der Waals surface area contributed by atoms with Crippen molar-refractivity contribution in [3.8, 4) is 0 Å². The molecule has 2 heterocycles. The van der Waals surface area contributed by atoms with Crippen molar-refractivity contribution in [1.82, 2.24) is 10.2 Å². The molecule has 1 aromatic heterocycles. The Morgan fingerprint density at radius 3 is 2.94 bits per heavy atom. The van der Waals surface area contributed by atoms with Crippen LogP contribution in [-0.4, -0.2) is 29.3 Å². The van der Waals surface area contributed by atoms with Crippen LogP contribution in [0.1, 0.15) is 31.9 Å². The third-order valence-corrected chi connectivity index (χ3v) is 3.73. The van der Waals surface area contributed by atoms with Gasteiger partial charge in [0.05, 0.1) is 5.52 Å². The second kappa shape index (κ2) is 4.28. The van der Waals surface area contributed by atoms with Crippen molar-refractivity contribution in [3.05, 3.63) is 23.9 Å². The van der Waals surface area contributed by atoms with Crippen molar-refractivity contribution < 1.29 is 0 Å². The van der Waals surface area contributed by atoms with E-state index in [0.717, 1.165) is 25.0 Å². The molecule has 1 aliphatic heterocycles. The van der Waals surface area contributed by atoms with Crippen molar-refractivity contribution in [2.45, 2.75) is 32.2 Å². The first-order chi connectivity index (χ1) is 8.66. The van der Waals surface area contributed by atoms with E-state index in [1.54, 1.807) is 0 Å². The Kier molecular flexibility index (Phi) is 2.74. The molecule has 1 fully saturated rings. The van der Waals surface area contributed by atoms with E-state index in [1.807, 2.05) is 0 Å². The van der Waals surface area contributed by atoms with Crippen LogP contribution in [0.5, 0.6) is 0 Å². The molecule has 0 aliphatic carbocycles. The lowest BCUT2D eigenvalue weighted by atomic mass is 10.0. The highest BCUT2D eigenvalue weighted by Crippen LogP contribution is 2.33. The molecule has 1 atom stereocenters. The van der Waals surface area contributed by atoms with Crippen LogP contribution in [-0.2, 0) is 0 Å². The van der Waals surface area contributed by atoms with E-state index in [1.165, 1.54) is 16.8 Å². The van der Waals surface area contributed by atoms with Crippen LogP contribution < -0.4 is 10.6 Å². The average Bonchev–Trinajstić information content (AvgIpc) is 2.94. The summed E-state index contributed by atoms with van der Waals surface area (Å²) < 4.78 is 0. The first-order valence-corrected chi connectivity index (χ1v) is 6.64. The molecular weight excluding hydrogens is 224 g/mol. The summed E-state index contributed by atoms with van der Waals surface area (Å²) in [4.78, 5) is 2.38. The Morgan fingerprint density at radius 1 is 1.44 bits per heavy atom. The van der Waals surface area contributed by atoms with Crippen molar-refractivity contribution in [1.29, 1.82) is 0 Å². The van der Waals surface area contributed by atoms with Gasteiger partial charge in [-0.25, -0.2) is 0 Å². The van der Waals surface area contributed by atoms with Gasteiger partial charge >= 0.3 is 0 Å². The number of rotatable bonds is 2. The van der Waals surface area contributed by atoms with E-state index < -0.39 is 0 Å². The minimum absolute atomic E-state index is 0.301. The van der Waals surface area contributed by atoms with Gasteiger partial charge in [-0.2, -0.15) is 5.10 Å². The smallest absolute Gasteiger partial charge is 0.0944 e. The van der Waals surface area contributed by atoms with Crippen molar-refractivity contribution >= 4 is 16.6 Å². The SMILES string of the molecule is CC(C)c1[nH]nc2cccc(N3CCC(N)C3)c12. The lowest BCUT2D eigenvalue weighted by Gasteiger charge is -2.20. The highest BCUT2D eigenvalue weighted by molar-refractivity contribution is 5.94. The zero-order valence-corrected chi connectivity index (χ0v) is 11.0. The molecule has 0 saturated carbocycles. The molecule has 1 aliphatic rings. The van der Waals surface area contributed by atoms with Crippen LogP contribution in [0.15, 0.2) is 18.2 Å². The molecule has 3 N–H and O–H groups in total. The highest BCUT2D eigenvalue weighted by atomic mass is 15.2. The summed E-state index contributed by atoms with van der Waals surface area (Å²) in [5.41, 5.74) is 9.57. The molecule has 4 heteroatoms. The lowest BCUT2D eigenvalue weighted by molar-refractivity contribution is 0.752. The number of hydrogen-bond acceptors (Lipinski definition) is 3. The van der Waals surface area contributed by atoms with Crippen LogP contribution in [0.25, 0.3) is 10.9 Å². The quantitative estimate of drug-likeness (QED) is 0.851.